The van der Waals surface area contributed by atoms with Crippen LogP contribution >= 0.6 is 0 Å². The summed E-state index contributed by atoms with van der Waals surface area (Å²) in [7, 11) is 1.95. The van der Waals surface area contributed by atoms with E-state index >= 15 is 0 Å². The molecule has 7 nitrogen and oxygen atoms in total. The van der Waals surface area contributed by atoms with Crippen LogP contribution in [-0.2, 0) is 18.4 Å². The van der Waals surface area contributed by atoms with Gasteiger partial charge >= 0.3 is 0 Å². The second kappa shape index (κ2) is 10.0. The van der Waals surface area contributed by atoms with E-state index in [1.54, 1.807) is 0 Å². The second-order valence-corrected chi connectivity index (χ2v) is 8.59. The highest BCUT2D eigenvalue weighted by atomic mass is 16.5. The molecule has 2 aromatic heterocycles. The Morgan fingerprint density at radius 1 is 1.25 bits per heavy atom. The van der Waals surface area contributed by atoms with Crippen molar-refractivity contribution in [3.63, 3.8) is 0 Å². The fourth-order valence-corrected chi connectivity index (χ4v) is 4.37. The van der Waals surface area contributed by atoms with Gasteiger partial charge in [-0.25, -0.2) is 4.98 Å². The Kier molecular flexibility index (Phi) is 6.93. The van der Waals surface area contributed by atoms with Gasteiger partial charge in [-0.1, -0.05) is 25.5 Å². The van der Waals surface area contributed by atoms with E-state index in [2.05, 4.69) is 27.2 Å². The van der Waals surface area contributed by atoms with Gasteiger partial charge in [0, 0.05) is 38.3 Å². The van der Waals surface area contributed by atoms with Gasteiger partial charge in [0.2, 0.25) is 5.91 Å². The molecule has 0 radical (unpaired) electrons. The molecule has 1 saturated heterocycles. The second-order valence-electron chi connectivity index (χ2n) is 8.59. The van der Waals surface area contributed by atoms with Crippen LogP contribution in [0.4, 0.5) is 5.82 Å². The maximum atomic E-state index is 12.9. The number of carbonyl (C=O) groups is 1. The molecule has 0 aliphatic carbocycles. The van der Waals surface area contributed by atoms with Crippen LogP contribution in [0.2, 0.25) is 0 Å². The van der Waals surface area contributed by atoms with Crippen molar-refractivity contribution in [3.05, 3.63) is 47.8 Å². The number of rotatable bonds is 8. The number of aromatic nitrogens is 3. The number of amides is 1. The van der Waals surface area contributed by atoms with E-state index in [0.717, 1.165) is 72.6 Å². The van der Waals surface area contributed by atoms with Crippen LogP contribution in [0, 0.1) is 12.8 Å². The number of hydrogen-bond acceptors (Lipinski definition) is 5. The molecule has 32 heavy (non-hydrogen) atoms. The highest BCUT2D eigenvalue weighted by Gasteiger charge is 2.28. The van der Waals surface area contributed by atoms with Gasteiger partial charge in [-0.3, -0.25) is 9.48 Å². The average Bonchev–Trinajstić information content (AvgIpc) is 3.12. The molecule has 170 valence electrons. The van der Waals surface area contributed by atoms with Crippen LogP contribution in [0.5, 0.6) is 5.75 Å². The van der Waals surface area contributed by atoms with Gasteiger partial charge < -0.3 is 15.0 Å². The maximum Gasteiger partial charge on any atom is 0.225 e. The standard InChI is InChI=1S/C25H33N5O2/c1-4-5-15-32-21-10-8-19(9-11-21)16-27-25(31)20-7-6-14-30(17-20)24-23-22(12-13-26-24)18(2)28-29(23)3/h8-13,20H,4-7,14-17H2,1-3H3,(H,27,31)/t20-/m1/s1. The summed E-state index contributed by atoms with van der Waals surface area (Å²) < 4.78 is 7.61. The molecule has 1 amide bonds. The Morgan fingerprint density at radius 3 is 2.84 bits per heavy atom. The largest absolute Gasteiger partial charge is 0.494 e. The van der Waals surface area contributed by atoms with Gasteiger partial charge in [0.25, 0.3) is 0 Å². The van der Waals surface area contributed by atoms with Crippen LogP contribution in [0.25, 0.3) is 10.9 Å². The van der Waals surface area contributed by atoms with Gasteiger partial charge in [-0.05, 0) is 49.9 Å². The van der Waals surface area contributed by atoms with E-state index in [0.29, 0.717) is 13.1 Å². The predicted octanol–water partition coefficient (Wildman–Crippen LogP) is 3.99. The van der Waals surface area contributed by atoms with Gasteiger partial charge in [0.1, 0.15) is 11.3 Å². The normalized spacial score (nSPS) is 16.3. The number of unbranched alkanes of at least 4 members (excludes halogenated alkanes) is 1. The van der Waals surface area contributed by atoms with Gasteiger partial charge in [0.15, 0.2) is 5.82 Å². The van der Waals surface area contributed by atoms with Crippen molar-refractivity contribution in [2.24, 2.45) is 13.0 Å². The van der Waals surface area contributed by atoms with E-state index < -0.39 is 0 Å². The molecule has 0 saturated carbocycles. The van der Waals surface area contributed by atoms with E-state index in [1.165, 1.54) is 0 Å². The Balaban J connectivity index is 1.36. The smallest absolute Gasteiger partial charge is 0.225 e. The van der Waals surface area contributed by atoms with Crippen molar-refractivity contribution in [2.45, 2.75) is 46.1 Å². The summed E-state index contributed by atoms with van der Waals surface area (Å²) in [4.78, 5) is 19.8. The molecular weight excluding hydrogens is 402 g/mol. The molecule has 1 N–H and O–H groups in total. The van der Waals surface area contributed by atoms with Gasteiger partial charge in [-0.2, -0.15) is 5.10 Å². The van der Waals surface area contributed by atoms with Crippen LogP contribution in [0.3, 0.4) is 0 Å². The number of piperidine rings is 1. The molecule has 7 heteroatoms. The Bertz CT molecular complexity index is 1060. The molecule has 3 heterocycles. The monoisotopic (exact) mass is 435 g/mol. The summed E-state index contributed by atoms with van der Waals surface area (Å²) in [6, 6.07) is 9.99. The minimum Gasteiger partial charge on any atom is -0.494 e. The molecular formula is C25H33N5O2. The van der Waals surface area contributed by atoms with E-state index in [4.69, 9.17) is 4.74 Å². The molecule has 1 aliphatic heterocycles. The van der Waals surface area contributed by atoms with Gasteiger partial charge in [-0.15, -0.1) is 0 Å². The van der Waals surface area contributed by atoms with Crippen LogP contribution in [0.1, 0.15) is 43.9 Å². The number of nitrogens with one attached hydrogen (secondary N) is 1. The molecule has 1 atom stereocenters. The summed E-state index contributed by atoms with van der Waals surface area (Å²) in [5, 5.41) is 8.79. The number of anilines is 1. The lowest BCUT2D eigenvalue weighted by molar-refractivity contribution is -0.125. The molecule has 4 rings (SSSR count). The average molecular weight is 436 g/mol. The zero-order chi connectivity index (χ0) is 22.5. The lowest BCUT2D eigenvalue weighted by Crippen LogP contribution is -2.43. The summed E-state index contributed by atoms with van der Waals surface area (Å²) in [5.41, 5.74) is 3.11. The third-order valence-corrected chi connectivity index (χ3v) is 6.17. The van der Waals surface area contributed by atoms with E-state index in [9.17, 15) is 4.79 Å². The first-order chi connectivity index (χ1) is 15.6. The van der Waals surface area contributed by atoms with Crippen LogP contribution in [0.15, 0.2) is 36.5 Å². The van der Waals surface area contributed by atoms with Crippen molar-refractivity contribution in [1.29, 1.82) is 0 Å². The van der Waals surface area contributed by atoms with Gasteiger partial charge in [0.05, 0.1) is 18.2 Å². The SMILES string of the molecule is CCCCOc1ccc(CNC(=O)[C@@H]2CCCN(c3nccc4c(C)nn(C)c34)C2)cc1. The fourth-order valence-electron chi connectivity index (χ4n) is 4.37. The van der Waals surface area contributed by atoms with Crippen molar-refractivity contribution < 1.29 is 9.53 Å². The topological polar surface area (TPSA) is 72.3 Å². The first-order valence-electron chi connectivity index (χ1n) is 11.6. The maximum absolute atomic E-state index is 12.9. The number of fused-ring (bicyclic) bond motifs is 1. The molecule has 1 aliphatic rings. The van der Waals surface area contributed by atoms with E-state index in [-0.39, 0.29) is 11.8 Å². The predicted molar refractivity (Wildman–Crippen MR) is 127 cm³/mol. The Morgan fingerprint density at radius 2 is 2.06 bits per heavy atom. The molecule has 1 aromatic carbocycles. The third-order valence-electron chi connectivity index (χ3n) is 6.17. The molecule has 3 aromatic rings. The number of pyridine rings is 1. The lowest BCUT2D eigenvalue weighted by Gasteiger charge is -2.33. The van der Waals surface area contributed by atoms with Crippen LogP contribution in [-0.4, -0.2) is 40.4 Å². The minimum atomic E-state index is -0.0493. The van der Waals surface area contributed by atoms with Crippen molar-refractivity contribution in [2.75, 3.05) is 24.6 Å². The zero-order valence-corrected chi connectivity index (χ0v) is 19.3. The first kappa shape index (κ1) is 22.1. The Labute approximate surface area is 189 Å². The Hall–Kier alpha value is -3.09. The highest BCUT2D eigenvalue weighted by molar-refractivity contribution is 5.91. The number of ether oxygens (including phenoxy) is 1. The highest BCUT2D eigenvalue weighted by Crippen LogP contribution is 2.29. The van der Waals surface area contributed by atoms with Crippen molar-refractivity contribution >= 4 is 22.6 Å². The van der Waals surface area contributed by atoms with E-state index in [1.807, 2.05) is 55.2 Å². The van der Waals surface area contributed by atoms with Crippen molar-refractivity contribution in [1.82, 2.24) is 20.1 Å². The third kappa shape index (κ3) is 4.87. The van der Waals surface area contributed by atoms with Crippen molar-refractivity contribution in [3.8, 4) is 5.75 Å². The summed E-state index contributed by atoms with van der Waals surface area (Å²) in [5.74, 6) is 1.85. The molecule has 0 bridgehead atoms. The summed E-state index contributed by atoms with van der Waals surface area (Å²) in [6.07, 6.45) is 5.88. The minimum absolute atomic E-state index is 0.0493. The number of carbonyl (C=O) groups excluding carboxylic acids is 1. The van der Waals surface area contributed by atoms with Crippen LogP contribution < -0.4 is 15.0 Å². The number of nitrogens with zero attached hydrogens (tertiary/aromatic N) is 4. The molecule has 1 fully saturated rings. The number of hydrogen-bond donors (Lipinski definition) is 1. The first-order valence-corrected chi connectivity index (χ1v) is 11.6. The summed E-state index contributed by atoms with van der Waals surface area (Å²) >= 11 is 0. The number of benzene rings is 1. The zero-order valence-electron chi connectivity index (χ0n) is 19.3. The molecule has 0 spiro atoms. The summed E-state index contributed by atoms with van der Waals surface area (Å²) in [6.45, 7) is 7.01. The molecule has 0 unspecified atom stereocenters. The fraction of sp³-hybridized carbons (Fsp3) is 0.480. The number of aryl methyl sites for hydroxylation is 2. The lowest BCUT2D eigenvalue weighted by atomic mass is 9.97. The quantitative estimate of drug-likeness (QED) is 0.542.